The molecule has 0 atom stereocenters. The summed E-state index contributed by atoms with van der Waals surface area (Å²) in [7, 11) is 6.13. The van der Waals surface area contributed by atoms with Gasteiger partial charge in [0, 0.05) is 85.0 Å². The molecule has 2 aromatic carbocycles. The second-order valence-corrected chi connectivity index (χ2v) is 18.6. The van der Waals surface area contributed by atoms with Gasteiger partial charge in [0.15, 0.2) is 0 Å². The van der Waals surface area contributed by atoms with Crippen LogP contribution in [0, 0.1) is 74.0 Å². The van der Waals surface area contributed by atoms with Gasteiger partial charge in [0.1, 0.15) is 11.5 Å². The Hall–Kier alpha value is -0.731. The van der Waals surface area contributed by atoms with Crippen molar-refractivity contribution in [3.05, 3.63) is 72.5 Å². The molecule has 0 spiro atoms. The second-order valence-electron chi connectivity index (χ2n) is 18.6. The standard InChI is InChI=1S/C27H41NO2.2C10H20.4CH4O.2CH3.2Ti/c1-16(2)22-10-20(11-23(17(3)4)26(22)29)14-28(9)15-21-12-24(18(5)6)27(30)25(13-21)19(7)8;2*1-6-7(2)9(4)10(5)8(6)3;4*1-2;;;;/h10-13,16-19,29-30H,14-15H2,1-9H3;2*6-10H,1-5H3;4*2H,1H3;2*1H3;;/q;;;;;;;2*-1;;. The molecule has 2 aromatic rings. The number of rotatable bonds is 8. The van der Waals surface area contributed by atoms with Crippen molar-refractivity contribution in [3.8, 4) is 11.5 Å². The number of benzene rings is 2. The van der Waals surface area contributed by atoms with Crippen molar-refractivity contribution in [1.29, 1.82) is 0 Å². The molecule has 2 fully saturated rings. The monoisotopic (exact) mass is 946 g/mol. The van der Waals surface area contributed by atoms with Gasteiger partial charge < -0.3 is 45.5 Å². The maximum Gasteiger partial charge on any atom is 0.122 e. The first-order chi connectivity index (χ1) is 27.0. The number of aromatic hydroxyl groups is 2. The van der Waals surface area contributed by atoms with Crippen molar-refractivity contribution >= 4 is 0 Å². The van der Waals surface area contributed by atoms with Crippen LogP contribution >= 0.6 is 0 Å². The smallest absolute Gasteiger partial charge is 0.122 e. The summed E-state index contributed by atoms with van der Waals surface area (Å²) >= 11 is 0. The van der Waals surface area contributed by atoms with Crippen LogP contribution in [0.15, 0.2) is 24.3 Å². The molecule has 9 heteroatoms. The fourth-order valence-electron chi connectivity index (χ4n) is 8.90. The van der Waals surface area contributed by atoms with Crippen molar-refractivity contribution < 1.29 is 74.1 Å². The maximum absolute atomic E-state index is 10.7. The molecule has 2 aliphatic rings. The van der Waals surface area contributed by atoms with Crippen molar-refractivity contribution in [2.75, 3.05) is 35.5 Å². The van der Waals surface area contributed by atoms with E-state index in [9.17, 15) is 10.2 Å². The van der Waals surface area contributed by atoms with Gasteiger partial charge in [-0.15, -0.1) is 0 Å². The molecule has 6 N–H and O–H groups in total. The summed E-state index contributed by atoms with van der Waals surface area (Å²) in [5, 5.41) is 49.4. The number of hydrogen-bond acceptors (Lipinski definition) is 7. The quantitative estimate of drug-likeness (QED) is 0.115. The van der Waals surface area contributed by atoms with E-state index in [4.69, 9.17) is 20.4 Å². The zero-order valence-electron chi connectivity index (χ0n) is 44.9. The van der Waals surface area contributed by atoms with Gasteiger partial charge in [-0.2, -0.15) is 0 Å². The molecular weight excluding hydrogens is 842 g/mol. The van der Waals surface area contributed by atoms with Crippen molar-refractivity contribution in [3.63, 3.8) is 0 Å². The van der Waals surface area contributed by atoms with Crippen LogP contribution < -0.4 is 0 Å². The van der Waals surface area contributed by atoms with Crippen LogP contribution in [0.25, 0.3) is 0 Å². The van der Waals surface area contributed by atoms with Crippen LogP contribution in [0.3, 0.4) is 0 Å². The molecular formula is C53H103NO6Ti2-2. The molecule has 7 nitrogen and oxygen atoms in total. The maximum atomic E-state index is 10.7. The molecule has 2 aliphatic carbocycles. The van der Waals surface area contributed by atoms with Gasteiger partial charge >= 0.3 is 0 Å². The number of nitrogens with zero attached hydrogens (tertiary/aromatic N) is 1. The van der Waals surface area contributed by atoms with E-state index in [1.807, 2.05) is 0 Å². The predicted octanol–water partition coefficient (Wildman–Crippen LogP) is 12.9. The Bertz CT molecular complexity index is 1120. The van der Waals surface area contributed by atoms with Gasteiger partial charge in [-0.05, 0) is 123 Å². The number of aliphatic hydroxyl groups is 4. The third-order valence-corrected chi connectivity index (χ3v) is 14.1. The molecule has 0 amide bonds. The van der Waals surface area contributed by atoms with E-state index in [1.165, 1.54) is 11.1 Å². The van der Waals surface area contributed by atoms with Crippen LogP contribution in [-0.2, 0) is 56.5 Å². The van der Waals surface area contributed by atoms with Gasteiger partial charge in [-0.1, -0.05) is 149 Å². The van der Waals surface area contributed by atoms with Gasteiger partial charge in [-0.25, -0.2) is 0 Å². The molecule has 0 saturated heterocycles. The van der Waals surface area contributed by atoms with E-state index >= 15 is 0 Å². The van der Waals surface area contributed by atoms with Gasteiger partial charge in [0.2, 0.25) is 0 Å². The first-order valence-electron chi connectivity index (χ1n) is 22.2. The Balaban J connectivity index is -0.000000156. The van der Waals surface area contributed by atoms with Crippen molar-refractivity contribution in [1.82, 2.24) is 4.90 Å². The molecule has 0 aromatic heterocycles. The number of phenols is 2. The molecule has 0 aliphatic heterocycles. The van der Waals surface area contributed by atoms with Crippen LogP contribution in [0.5, 0.6) is 11.5 Å². The summed E-state index contributed by atoms with van der Waals surface area (Å²) in [5.41, 5.74) is 6.57. The summed E-state index contributed by atoms with van der Waals surface area (Å²) in [5.74, 6) is 11.4. The number of phenolic OH excluding ortho intramolecular Hbond substituents is 2. The van der Waals surface area contributed by atoms with Gasteiger partial charge in [0.25, 0.3) is 0 Å². The molecule has 0 bridgehead atoms. The van der Waals surface area contributed by atoms with Crippen molar-refractivity contribution in [2.24, 2.45) is 59.2 Å². The fraction of sp³-hybridized carbons (Fsp3) is 0.736. The minimum Gasteiger partial charge on any atom is -0.507 e. The Labute approximate surface area is 416 Å². The molecule has 366 valence electrons. The van der Waals surface area contributed by atoms with Crippen LogP contribution in [0.1, 0.15) is 182 Å². The van der Waals surface area contributed by atoms with Crippen LogP contribution in [0.4, 0.5) is 0 Å². The topological polar surface area (TPSA) is 125 Å². The van der Waals surface area contributed by atoms with E-state index in [-0.39, 0.29) is 82.0 Å². The Morgan fingerprint density at radius 3 is 0.613 bits per heavy atom. The Kier molecular flexibility index (Phi) is 46.8. The van der Waals surface area contributed by atoms with Gasteiger partial charge in [0.05, 0.1) is 0 Å². The largest absolute Gasteiger partial charge is 0.507 e. The zero-order valence-corrected chi connectivity index (χ0v) is 48.1. The molecule has 4 rings (SSSR count). The van der Waals surface area contributed by atoms with Crippen LogP contribution in [0.2, 0.25) is 0 Å². The second kappa shape index (κ2) is 38.4. The van der Waals surface area contributed by atoms with Crippen LogP contribution in [-0.4, -0.2) is 71.0 Å². The minimum atomic E-state index is 0. The van der Waals surface area contributed by atoms with E-state index in [1.54, 1.807) is 0 Å². The molecule has 0 unspecified atom stereocenters. The molecule has 2 saturated carbocycles. The molecule has 0 heterocycles. The SMILES string of the molecule is CC(C)c1cc(CN(C)Cc2cc(C(C)C)c(O)c(C(C)C)c2)cc(C(C)C)c1O.CC1C(C)C(C)C(C)C1C.CC1C(C)C(C)C(C)C1C.CO.CO.CO.CO.[CH3-].[CH3-].[Ti].[Ti]. The van der Waals surface area contributed by atoms with E-state index in [0.717, 1.165) is 123 Å². The Morgan fingerprint density at radius 1 is 0.371 bits per heavy atom. The van der Waals surface area contributed by atoms with E-state index < -0.39 is 0 Å². The summed E-state index contributed by atoms with van der Waals surface area (Å²) in [6, 6.07) is 8.60. The van der Waals surface area contributed by atoms with Gasteiger partial charge in [-0.3, -0.25) is 4.90 Å². The summed E-state index contributed by atoms with van der Waals surface area (Å²) in [4.78, 5) is 2.31. The number of hydrogen-bond donors (Lipinski definition) is 6. The molecule has 62 heavy (non-hydrogen) atoms. The van der Waals surface area contributed by atoms with E-state index in [2.05, 4.69) is 161 Å². The Morgan fingerprint density at radius 2 is 0.500 bits per heavy atom. The average Bonchev–Trinajstić information content (AvgIpc) is 3.47. The third kappa shape index (κ3) is 22.2. The normalized spacial score (nSPS) is 24.2. The zero-order chi connectivity index (χ0) is 46.5. The minimum absolute atomic E-state index is 0. The fourth-order valence-corrected chi connectivity index (χ4v) is 8.90. The third-order valence-electron chi connectivity index (χ3n) is 14.1. The first-order valence-corrected chi connectivity index (χ1v) is 22.2. The average molecular weight is 946 g/mol. The molecule has 0 radical (unpaired) electrons. The van der Waals surface area contributed by atoms with Crippen molar-refractivity contribution in [2.45, 2.75) is 161 Å². The predicted molar refractivity (Wildman–Crippen MR) is 265 cm³/mol. The summed E-state index contributed by atoms with van der Waals surface area (Å²) in [6.07, 6.45) is 0. The first kappa shape index (κ1) is 75.6. The summed E-state index contributed by atoms with van der Waals surface area (Å²) in [6.45, 7) is 42.6. The van der Waals surface area contributed by atoms with E-state index in [0.29, 0.717) is 11.5 Å². The number of aliphatic hydroxyl groups excluding tert-OH is 4. The summed E-state index contributed by atoms with van der Waals surface area (Å²) < 4.78 is 0.